The third-order valence-corrected chi connectivity index (χ3v) is 4.09. The van der Waals surface area contributed by atoms with E-state index in [1.807, 2.05) is 42.3 Å². The van der Waals surface area contributed by atoms with Crippen LogP contribution in [-0.4, -0.2) is 52.1 Å². The van der Waals surface area contributed by atoms with Gasteiger partial charge in [-0.2, -0.15) is 10.2 Å². The minimum Gasteiger partial charge on any atom is -0.469 e. The lowest BCUT2D eigenvalue weighted by atomic mass is 10.1. The Morgan fingerprint density at radius 1 is 1.19 bits per heavy atom. The largest absolute Gasteiger partial charge is 0.469 e. The van der Waals surface area contributed by atoms with Gasteiger partial charge < -0.3 is 15.4 Å². The fourth-order valence-corrected chi connectivity index (χ4v) is 2.79. The van der Waals surface area contributed by atoms with Gasteiger partial charge in [0.15, 0.2) is 0 Å². The predicted octanol–water partition coefficient (Wildman–Crippen LogP) is 1.48. The Balaban J connectivity index is 0.00000243. The van der Waals surface area contributed by atoms with Gasteiger partial charge in [-0.05, 0) is 6.07 Å². The highest BCUT2D eigenvalue weighted by Gasteiger charge is 2.14. The number of fused-ring (bicyclic) bond motifs is 1. The van der Waals surface area contributed by atoms with E-state index >= 15 is 0 Å². The average molecular weight is 379 g/mol. The van der Waals surface area contributed by atoms with Crippen molar-refractivity contribution in [2.75, 3.05) is 31.6 Å². The van der Waals surface area contributed by atoms with Crippen LogP contribution in [0.4, 0.5) is 5.69 Å². The molecule has 0 radical (unpaired) electrons. The van der Waals surface area contributed by atoms with Crippen molar-refractivity contribution in [2.45, 2.75) is 6.42 Å². The number of halogens is 1. The van der Waals surface area contributed by atoms with E-state index in [1.54, 1.807) is 10.9 Å². The number of anilines is 1. The monoisotopic (exact) mass is 378 g/mol. The molecule has 0 spiro atoms. The van der Waals surface area contributed by atoms with E-state index in [-0.39, 0.29) is 18.4 Å². The molecule has 0 amide bonds. The number of hydrogen-bond acceptors (Lipinski definition) is 6. The number of rotatable bonds is 7. The number of pyridine rings is 1. The zero-order valence-corrected chi connectivity index (χ0v) is 15.6. The van der Waals surface area contributed by atoms with Gasteiger partial charge in [0.05, 0.1) is 37.1 Å². The molecule has 0 fully saturated rings. The van der Waals surface area contributed by atoms with E-state index in [4.69, 9.17) is 10.5 Å². The van der Waals surface area contributed by atoms with E-state index < -0.39 is 0 Å². The normalized spacial score (nSPS) is 10.6. The summed E-state index contributed by atoms with van der Waals surface area (Å²) in [7, 11) is 3.28. The molecule has 0 bridgehead atoms. The van der Waals surface area contributed by atoms with Crippen LogP contribution in [0.2, 0.25) is 0 Å². The lowest BCUT2D eigenvalue weighted by molar-refractivity contribution is -0.140. The van der Waals surface area contributed by atoms with Crippen molar-refractivity contribution >= 4 is 29.6 Å². The standard InChI is InChI=1S/C17H22N6O2.ClH/c1-21-11-14(9-19-21)13-3-4-15-16(10-20-23(15)12-13)22(8-6-18)7-5-17(24)25-2;/h3-4,9-12H,5-8,18H2,1-2H3;1H. The summed E-state index contributed by atoms with van der Waals surface area (Å²) < 4.78 is 8.33. The molecule has 8 nitrogen and oxygen atoms in total. The van der Waals surface area contributed by atoms with Crippen LogP contribution in [-0.2, 0) is 16.6 Å². The quantitative estimate of drug-likeness (QED) is 0.626. The number of ether oxygens (including phenoxy) is 1. The molecule has 26 heavy (non-hydrogen) atoms. The molecule has 0 aliphatic carbocycles. The first-order valence-electron chi connectivity index (χ1n) is 8.10. The Hall–Kier alpha value is -2.58. The van der Waals surface area contributed by atoms with Crippen molar-refractivity contribution in [3.8, 4) is 11.1 Å². The number of esters is 1. The van der Waals surface area contributed by atoms with Crippen LogP contribution in [0.3, 0.4) is 0 Å². The maximum absolute atomic E-state index is 11.4. The van der Waals surface area contributed by atoms with Crippen LogP contribution >= 0.6 is 12.4 Å². The summed E-state index contributed by atoms with van der Waals surface area (Å²) in [6, 6.07) is 4.06. The van der Waals surface area contributed by atoms with Gasteiger partial charge in [0.1, 0.15) is 0 Å². The summed E-state index contributed by atoms with van der Waals surface area (Å²) in [6.45, 7) is 1.67. The van der Waals surface area contributed by atoms with Crippen molar-refractivity contribution < 1.29 is 9.53 Å². The van der Waals surface area contributed by atoms with Gasteiger partial charge >= 0.3 is 5.97 Å². The SMILES string of the molecule is COC(=O)CCN(CCN)c1cnn2cc(-c3cnn(C)c3)ccc12.Cl. The van der Waals surface area contributed by atoms with Crippen molar-refractivity contribution in [3.63, 3.8) is 0 Å². The minimum atomic E-state index is -0.239. The summed E-state index contributed by atoms with van der Waals surface area (Å²) in [6.07, 6.45) is 7.86. The summed E-state index contributed by atoms with van der Waals surface area (Å²) in [5, 5.41) is 8.65. The molecule has 0 unspecified atom stereocenters. The first-order chi connectivity index (χ1) is 12.1. The second-order valence-electron chi connectivity index (χ2n) is 5.78. The second kappa shape index (κ2) is 8.68. The van der Waals surface area contributed by atoms with E-state index in [2.05, 4.69) is 15.1 Å². The van der Waals surface area contributed by atoms with Gasteiger partial charge in [-0.3, -0.25) is 9.48 Å². The lowest BCUT2D eigenvalue weighted by Crippen LogP contribution is -2.31. The molecule has 0 aromatic carbocycles. The fourth-order valence-electron chi connectivity index (χ4n) is 2.79. The molecule has 3 rings (SSSR count). The Morgan fingerprint density at radius 3 is 2.65 bits per heavy atom. The van der Waals surface area contributed by atoms with Crippen LogP contribution < -0.4 is 10.6 Å². The van der Waals surface area contributed by atoms with Crippen molar-refractivity contribution in [3.05, 3.63) is 36.9 Å². The molecule has 2 N–H and O–H groups in total. The molecule has 3 aromatic rings. The molecule has 0 atom stereocenters. The van der Waals surface area contributed by atoms with Crippen LogP contribution in [0.5, 0.6) is 0 Å². The third kappa shape index (κ3) is 4.14. The molecule has 140 valence electrons. The predicted molar refractivity (Wildman–Crippen MR) is 103 cm³/mol. The molecule has 0 saturated heterocycles. The van der Waals surface area contributed by atoms with Gasteiger partial charge in [0, 0.05) is 50.2 Å². The van der Waals surface area contributed by atoms with Crippen molar-refractivity contribution in [1.29, 1.82) is 0 Å². The van der Waals surface area contributed by atoms with Gasteiger partial charge in [0.25, 0.3) is 0 Å². The van der Waals surface area contributed by atoms with Gasteiger partial charge in [-0.15, -0.1) is 12.4 Å². The van der Waals surface area contributed by atoms with Crippen LogP contribution in [0.15, 0.2) is 36.9 Å². The third-order valence-electron chi connectivity index (χ3n) is 4.09. The highest BCUT2D eigenvalue weighted by Crippen LogP contribution is 2.25. The van der Waals surface area contributed by atoms with E-state index in [9.17, 15) is 4.79 Å². The number of nitrogens with two attached hydrogens (primary N) is 1. The first kappa shape index (κ1) is 19.7. The highest BCUT2D eigenvalue weighted by molar-refractivity contribution is 5.85. The van der Waals surface area contributed by atoms with E-state index in [0.717, 1.165) is 22.3 Å². The Bertz CT molecular complexity index is 875. The molecule has 3 aromatic heterocycles. The zero-order valence-electron chi connectivity index (χ0n) is 14.8. The second-order valence-corrected chi connectivity index (χ2v) is 5.78. The lowest BCUT2D eigenvalue weighted by Gasteiger charge is -2.22. The minimum absolute atomic E-state index is 0. The molecular formula is C17H23ClN6O2. The Morgan fingerprint density at radius 2 is 2.00 bits per heavy atom. The maximum Gasteiger partial charge on any atom is 0.307 e. The molecule has 0 aliphatic rings. The summed E-state index contributed by atoms with van der Waals surface area (Å²) in [5.74, 6) is -0.239. The zero-order chi connectivity index (χ0) is 17.8. The topological polar surface area (TPSA) is 90.7 Å². The Labute approximate surface area is 157 Å². The number of aryl methyl sites for hydroxylation is 1. The van der Waals surface area contributed by atoms with Crippen molar-refractivity contribution in [2.24, 2.45) is 12.8 Å². The maximum atomic E-state index is 11.4. The molecule has 0 aliphatic heterocycles. The van der Waals surface area contributed by atoms with E-state index in [1.165, 1.54) is 7.11 Å². The Kier molecular flexibility index (Phi) is 6.59. The van der Waals surface area contributed by atoms with Crippen LogP contribution in [0, 0.1) is 0 Å². The van der Waals surface area contributed by atoms with Gasteiger partial charge in [-0.25, -0.2) is 4.52 Å². The average Bonchev–Trinajstić information content (AvgIpc) is 3.24. The number of aromatic nitrogens is 4. The van der Waals surface area contributed by atoms with E-state index in [0.29, 0.717) is 26.1 Å². The van der Waals surface area contributed by atoms with Crippen LogP contribution in [0.1, 0.15) is 6.42 Å². The number of methoxy groups -OCH3 is 1. The van der Waals surface area contributed by atoms with Crippen molar-refractivity contribution in [1.82, 2.24) is 19.4 Å². The van der Waals surface area contributed by atoms with Gasteiger partial charge in [0.2, 0.25) is 0 Å². The highest BCUT2D eigenvalue weighted by atomic mass is 35.5. The number of hydrogen-bond donors (Lipinski definition) is 1. The van der Waals surface area contributed by atoms with Crippen LogP contribution in [0.25, 0.3) is 16.6 Å². The fraction of sp³-hybridized carbons (Fsp3) is 0.353. The molecule has 3 heterocycles. The number of carbonyl (C=O) groups excluding carboxylic acids is 1. The molecule has 0 saturated carbocycles. The smallest absolute Gasteiger partial charge is 0.307 e. The number of carbonyl (C=O) groups is 1. The molecule has 9 heteroatoms. The summed E-state index contributed by atoms with van der Waals surface area (Å²) >= 11 is 0. The van der Waals surface area contributed by atoms with Gasteiger partial charge in [-0.1, -0.05) is 6.07 Å². The number of nitrogens with zero attached hydrogens (tertiary/aromatic N) is 5. The summed E-state index contributed by atoms with van der Waals surface area (Å²) in [5.41, 5.74) is 9.71. The summed E-state index contributed by atoms with van der Waals surface area (Å²) in [4.78, 5) is 13.5. The molecular weight excluding hydrogens is 356 g/mol. The first-order valence-corrected chi connectivity index (χ1v) is 8.10.